The van der Waals surface area contributed by atoms with Crippen molar-refractivity contribution < 1.29 is 14.3 Å². The molecule has 0 bridgehead atoms. The Morgan fingerprint density at radius 2 is 2.10 bits per heavy atom. The van der Waals surface area contributed by atoms with Crippen molar-refractivity contribution in [2.24, 2.45) is 0 Å². The molecule has 6 nitrogen and oxygen atoms in total. The van der Waals surface area contributed by atoms with Crippen LogP contribution in [0, 0.1) is 0 Å². The summed E-state index contributed by atoms with van der Waals surface area (Å²) in [6.07, 6.45) is 2.56. The highest BCUT2D eigenvalue weighted by Gasteiger charge is 2.22. The van der Waals surface area contributed by atoms with Crippen molar-refractivity contribution >= 4 is 17.5 Å². The van der Waals surface area contributed by atoms with E-state index >= 15 is 0 Å². The van der Waals surface area contributed by atoms with Gasteiger partial charge in [-0.15, -0.1) is 0 Å². The maximum absolute atomic E-state index is 11.7. The van der Waals surface area contributed by atoms with Crippen LogP contribution in [-0.4, -0.2) is 38.1 Å². The molecule has 6 heteroatoms. The third kappa shape index (κ3) is 5.83. The molecule has 1 aromatic rings. The van der Waals surface area contributed by atoms with Gasteiger partial charge >= 0.3 is 0 Å². The first-order valence-electron chi connectivity index (χ1n) is 7.11. The van der Waals surface area contributed by atoms with Gasteiger partial charge in [0.25, 0.3) is 0 Å². The monoisotopic (exact) mass is 291 g/mol. The van der Waals surface area contributed by atoms with E-state index in [1.165, 1.54) is 0 Å². The van der Waals surface area contributed by atoms with Gasteiger partial charge in [0.2, 0.25) is 11.8 Å². The average molecular weight is 291 g/mol. The lowest BCUT2D eigenvalue weighted by Crippen LogP contribution is -2.33. The number of hydrogen-bond acceptors (Lipinski definition) is 4. The second-order valence-corrected chi connectivity index (χ2v) is 5.05. The molecule has 2 amide bonds. The number of carbonyl (C=O) groups is 2. The molecule has 1 aliphatic carbocycles. The molecule has 0 spiro atoms. The van der Waals surface area contributed by atoms with Gasteiger partial charge in [-0.25, -0.2) is 0 Å². The van der Waals surface area contributed by atoms with E-state index in [-0.39, 0.29) is 18.4 Å². The highest BCUT2D eigenvalue weighted by Crippen LogP contribution is 2.18. The number of amides is 2. The molecule has 0 radical (unpaired) electrons. The van der Waals surface area contributed by atoms with E-state index in [0.717, 1.165) is 12.8 Å². The van der Waals surface area contributed by atoms with E-state index in [0.29, 0.717) is 30.4 Å². The molecule has 1 saturated carbocycles. The summed E-state index contributed by atoms with van der Waals surface area (Å²) in [5, 5.41) is 8.62. The Kier molecular flexibility index (Phi) is 5.57. The van der Waals surface area contributed by atoms with Gasteiger partial charge in [0, 0.05) is 30.8 Å². The summed E-state index contributed by atoms with van der Waals surface area (Å²) in [5.74, 6) is 0.585. The van der Waals surface area contributed by atoms with E-state index < -0.39 is 0 Å². The second-order valence-electron chi connectivity index (χ2n) is 5.05. The molecule has 1 aromatic carbocycles. The zero-order chi connectivity index (χ0) is 15.1. The molecule has 0 heterocycles. The second kappa shape index (κ2) is 7.64. The lowest BCUT2D eigenvalue weighted by atomic mass is 10.3. The minimum Gasteiger partial charge on any atom is -0.497 e. The zero-order valence-electron chi connectivity index (χ0n) is 12.1. The molecule has 0 unspecified atom stereocenters. The quantitative estimate of drug-likeness (QED) is 0.622. The fraction of sp³-hybridized carbons (Fsp3) is 0.467. The number of carbonyl (C=O) groups excluding carboxylic acids is 2. The highest BCUT2D eigenvalue weighted by molar-refractivity contribution is 5.92. The smallest absolute Gasteiger partial charge is 0.238 e. The summed E-state index contributed by atoms with van der Waals surface area (Å²) >= 11 is 0. The van der Waals surface area contributed by atoms with Crippen LogP contribution >= 0.6 is 0 Å². The van der Waals surface area contributed by atoms with Gasteiger partial charge in [-0.2, -0.15) is 0 Å². The van der Waals surface area contributed by atoms with Crippen LogP contribution < -0.4 is 20.7 Å². The molecule has 2 rings (SSSR count). The van der Waals surface area contributed by atoms with E-state index in [1.54, 1.807) is 19.2 Å². The van der Waals surface area contributed by atoms with Crippen LogP contribution in [0.3, 0.4) is 0 Å². The molecule has 1 fully saturated rings. The summed E-state index contributed by atoms with van der Waals surface area (Å²) in [6, 6.07) is 7.55. The molecule has 114 valence electrons. The highest BCUT2D eigenvalue weighted by atomic mass is 16.5. The molecule has 0 aliphatic heterocycles. The molecule has 3 N–H and O–H groups in total. The van der Waals surface area contributed by atoms with Crippen LogP contribution in [0.4, 0.5) is 5.69 Å². The van der Waals surface area contributed by atoms with Crippen LogP contribution in [0.15, 0.2) is 24.3 Å². The van der Waals surface area contributed by atoms with E-state index in [4.69, 9.17) is 4.74 Å². The molecule has 0 saturated heterocycles. The topological polar surface area (TPSA) is 79.5 Å². The van der Waals surface area contributed by atoms with Crippen LogP contribution in [-0.2, 0) is 9.59 Å². The first kappa shape index (κ1) is 15.3. The van der Waals surface area contributed by atoms with Crippen molar-refractivity contribution in [1.82, 2.24) is 10.6 Å². The molecule has 1 aliphatic rings. The molecular formula is C15H21N3O3. The Balaban J connectivity index is 1.61. The summed E-state index contributed by atoms with van der Waals surface area (Å²) in [7, 11) is 1.58. The molecule has 21 heavy (non-hydrogen) atoms. The third-order valence-corrected chi connectivity index (χ3v) is 3.11. The van der Waals surface area contributed by atoms with E-state index in [9.17, 15) is 9.59 Å². The standard InChI is InChI=1S/C15H21N3O3/c1-21-13-4-2-3-12(9-13)18-15(20)10-16-8-7-14(19)17-11-5-6-11/h2-4,9,11,16H,5-8,10H2,1H3,(H,17,19)(H,18,20). The van der Waals surface area contributed by atoms with E-state index in [1.807, 2.05) is 12.1 Å². The predicted octanol–water partition coefficient (Wildman–Crippen LogP) is 0.892. The Morgan fingerprint density at radius 3 is 2.81 bits per heavy atom. The average Bonchev–Trinajstić information content (AvgIpc) is 3.27. The van der Waals surface area contributed by atoms with Gasteiger partial charge in [0.05, 0.1) is 13.7 Å². The van der Waals surface area contributed by atoms with Crippen LogP contribution in [0.2, 0.25) is 0 Å². The number of benzene rings is 1. The molecular weight excluding hydrogens is 270 g/mol. The number of methoxy groups -OCH3 is 1. The van der Waals surface area contributed by atoms with E-state index in [2.05, 4.69) is 16.0 Å². The minimum atomic E-state index is -0.147. The maximum Gasteiger partial charge on any atom is 0.238 e. The Morgan fingerprint density at radius 1 is 1.29 bits per heavy atom. The van der Waals surface area contributed by atoms with Gasteiger partial charge in [-0.3, -0.25) is 9.59 Å². The first-order chi connectivity index (χ1) is 10.2. The number of hydrogen-bond donors (Lipinski definition) is 3. The van der Waals surface area contributed by atoms with Crippen molar-refractivity contribution in [2.75, 3.05) is 25.5 Å². The van der Waals surface area contributed by atoms with Crippen LogP contribution in [0.1, 0.15) is 19.3 Å². The summed E-state index contributed by atoms with van der Waals surface area (Å²) in [5.41, 5.74) is 0.688. The zero-order valence-corrected chi connectivity index (χ0v) is 12.1. The lowest BCUT2D eigenvalue weighted by Gasteiger charge is -2.08. The van der Waals surface area contributed by atoms with Gasteiger partial charge < -0.3 is 20.7 Å². The maximum atomic E-state index is 11.7. The summed E-state index contributed by atoms with van der Waals surface area (Å²) in [6.45, 7) is 0.665. The lowest BCUT2D eigenvalue weighted by molar-refractivity contribution is -0.121. The minimum absolute atomic E-state index is 0.0400. The SMILES string of the molecule is COc1cccc(NC(=O)CNCCC(=O)NC2CC2)c1. The van der Waals surface area contributed by atoms with Gasteiger partial charge in [-0.05, 0) is 25.0 Å². The van der Waals surface area contributed by atoms with Crippen molar-refractivity contribution in [3.63, 3.8) is 0 Å². The van der Waals surface area contributed by atoms with Gasteiger partial charge in [0.1, 0.15) is 5.75 Å². The first-order valence-corrected chi connectivity index (χ1v) is 7.11. The number of ether oxygens (including phenoxy) is 1. The number of anilines is 1. The predicted molar refractivity (Wildman–Crippen MR) is 80.3 cm³/mol. The van der Waals surface area contributed by atoms with Crippen molar-refractivity contribution in [3.8, 4) is 5.75 Å². The molecule has 0 aromatic heterocycles. The Bertz CT molecular complexity index is 501. The number of nitrogens with one attached hydrogen (secondary N) is 3. The fourth-order valence-electron chi connectivity index (χ4n) is 1.84. The Hall–Kier alpha value is -2.08. The van der Waals surface area contributed by atoms with Gasteiger partial charge in [0.15, 0.2) is 0 Å². The van der Waals surface area contributed by atoms with Crippen molar-refractivity contribution in [2.45, 2.75) is 25.3 Å². The summed E-state index contributed by atoms with van der Waals surface area (Å²) in [4.78, 5) is 23.2. The third-order valence-electron chi connectivity index (χ3n) is 3.11. The van der Waals surface area contributed by atoms with Gasteiger partial charge in [-0.1, -0.05) is 6.07 Å². The molecule has 0 atom stereocenters. The number of rotatable bonds is 8. The van der Waals surface area contributed by atoms with Crippen LogP contribution in [0.25, 0.3) is 0 Å². The largest absolute Gasteiger partial charge is 0.497 e. The normalized spacial score (nSPS) is 13.6. The Labute approximate surface area is 124 Å². The van der Waals surface area contributed by atoms with Crippen LogP contribution in [0.5, 0.6) is 5.75 Å². The fourth-order valence-corrected chi connectivity index (χ4v) is 1.84. The summed E-state index contributed by atoms with van der Waals surface area (Å²) < 4.78 is 5.09. The van der Waals surface area contributed by atoms with Crippen molar-refractivity contribution in [3.05, 3.63) is 24.3 Å². The van der Waals surface area contributed by atoms with Crippen molar-refractivity contribution in [1.29, 1.82) is 0 Å².